The maximum atomic E-state index is 13.0. The van der Waals surface area contributed by atoms with E-state index in [0.717, 1.165) is 44.2 Å². The summed E-state index contributed by atoms with van der Waals surface area (Å²) in [6, 6.07) is 14.8. The SMILES string of the molecule is COc1cc(/C=C2\SC(=O)N(CCOc3cc(C)ccc3C)C2=O)ccc1OCC(=O)Nc1cc(C)c(C)cc1Br. The van der Waals surface area contributed by atoms with Crippen molar-refractivity contribution in [2.75, 3.05) is 32.2 Å². The van der Waals surface area contributed by atoms with E-state index < -0.39 is 0 Å². The number of carbonyl (C=O) groups excluding carboxylic acids is 3. The van der Waals surface area contributed by atoms with E-state index in [1.165, 1.54) is 12.0 Å². The molecule has 1 heterocycles. The second-order valence-corrected chi connectivity index (χ2v) is 11.5. The third kappa shape index (κ3) is 7.51. The molecule has 1 aliphatic heterocycles. The van der Waals surface area contributed by atoms with Gasteiger partial charge in [0.15, 0.2) is 18.1 Å². The monoisotopic (exact) mass is 638 g/mol. The molecule has 0 spiro atoms. The Kier molecular flexibility index (Phi) is 9.77. The number of benzene rings is 3. The van der Waals surface area contributed by atoms with E-state index in [1.54, 1.807) is 24.3 Å². The first-order chi connectivity index (χ1) is 19.5. The van der Waals surface area contributed by atoms with Gasteiger partial charge in [0, 0.05) is 4.47 Å². The lowest BCUT2D eigenvalue weighted by atomic mass is 10.1. The Morgan fingerprint density at radius 3 is 2.44 bits per heavy atom. The summed E-state index contributed by atoms with van der Waals surface area (Å²) in [5.41, 5.74) is 5.54. The van der Waals surface area contributed by atoms with Gasteiger partial charge < -0.3 is 19.5 Å². The van der Waals surface area contributed by atoms with Gasteiger partial charge in [-0.05, 0) is 120 Å². The number of hydrogen-bond acceptors (Lipinski definition) is 7. The summed E-state index contributed by atoms with van der Waals surface area (Å²) >= 11 is 4.35. The number of methoxy groups -OCH3 is 1. The van der Waals surface area contributed by atoms with Gasteiger partial charge in [0.25, 0.3) is 17.1 Å². The van der Waals surface area contributed by atoms with Crippen molar-refractivity contribution in [1.29, 1.82) is 0 Å². The van der Waals surface area contributed by atoms with Crippen LogP contribution < -0.4 is 19.5 Å². The van der Waals surface area contributed by atoms with E-state index in [0.29, 0.717) is 27.7 Å². The number of hydrogen-bond donors (Lipinski definition) is 1. The molecule has 1 fully saturated rings. The number of rotatable bonds is 10. The predicted molar refractivity (Wildman–Crippen MR) is 165 cm³/mol. The van der Waals surface area contributed by atoms with Crippen LogP contribution in [0.15, 0.2) is 57.9 Å². The summed E-state index contributed by atoms with van der Waals surface area (Å²) < 4.78 is 17.8. The topological polar surface area (TPSA) is 94.2 Å². The Morgan fingerprint density at radius 2 is 1.68 bits per heavy atom. The van der Waals surface area contributed by atoms with Gasteiger partial charge in [-0.3, -0.25) is 19.3 Å². The third-order valence-corrected chi connectivity index (χ3v) is 8.05. The van der Waals surface area contributed by atoms with E-state index in [1.807, 2.05) is 58.0 Å². The van der Waals surface area contributed by atoms with Crippen molar-refractivity contribution in [3.63, 3.8) is 0 Å². The highest BCUT2D eigenvalue weighted by atomic mass is 79.9. The van der Waals surface area contributed by atoms with Gasteiger partial charge in [0.2, 0.25) is 0 Å². The summed E-state index contributed by atoms with van der Waals surface area (Å²) in [5.74, 6) is 0.793. The first kappa shape index (κ1) is 30.2. The summed E-state index contributed by atoms with van der Waals surface area (Å²) in [6.07, 6.45) is 1.63. The highest BCUT2D eigenvalue weighted by molar-refractivity contribution is 9.10. The minimum atomic E-state index is -0.377. The first-order valence-electron chi connectivity index (χ1n) is 12.9. The Balaban J connectivity index is 1.37. The van der Waals surface area contributed by atoms with Crippen molar-refractivity contribution >= 4 is 56.5 Å². The number of thioether (sulfide) groups is 1. The van der Waals surface area contributed by atoms with E-state index in [2.05, 4.69) is 21.2 Å². The normalized spacial score (nSPS) is 14.0. The first-order valence-corrected chi connectivity index (χ1v) is 14.5. The Labute approximate surface area is 252 Å². The summed E-state index contributed by atoms with van der Waals surface area (Å²) in [6.45, 7) is 8.02. The number of carbonyl (C=O) groups is 3. The maximum absolute atomic E-state index is 13.0. The van der Waals surface area contributed by atoms with Crippen LogP contribution in [0.25, 0.3) is 6.08 Å². The number of aryl methyl sites for hydroxylation is 4. The molecule has 3 aromatic carbocycles. The second-order valence-electron chi connectivity index (χ2n) is 9.61. The Morgan fingerprint density at radius 1 is 0.927 bits per heavy atom. The quantitative estimate of drug-likeness (QED) is 0.243. The fraction of sp³-hybridized carbons (Fsp3) is 0.258. The van der Waals surface area contributed by atoms with E-state index in [-0.39, 0.29) is 36.8 Å². The van der Waals surface area contributed by atoms with Crippen LogP contribution in [0.4, 0.5) is 10.5 Å². The molecule has 0 aliphatic carbocycles. The van der Waals surface area contributed by atoms with Gasteiger partial charge in [-0.15, -0.1) is 0 Å². The van der Waals surface area contributed by atoms with Crippen LogP contribution in [0.3, 0.4) is 0 Å². The van der Waals surface area contributed by atoms with Gasteiger partial charge in [0.1, 0.15) is 12.4 Å². The number of anilines is 1. The molecule has 0 aromatic heterocycles. The number of nitrogens with one attached hydrogen (secondary N) is 1. The average molecular weight is 640 g/mol. The lowest BCUT2D eigenvalue weighted by molar-refractivity contribution is -0.123. The summed E-state index contributed by atoms with van der Waals surface area (Å²) in [5, 5.41) is 2.49. The van der Waals surface area contributed by atoms with Gasteiger partial charge in [-0.1, -0.05) is 18.2 Å². The fourth-order valence-corrected chi connectivity index (χ4v) is 5.48. The Hall–Kier alpha value is -3.76. The van der Waals surface area contributed by atoms with Crippen LogP contribution in [0.5, 0.6) is 17.2 Å². The molecule has 4 rings (SSSR count). The zero-order valence-corrected chi connectivity index (χ0v) is 25.9. The van der Waals surface area contributed by atoms with E-state index in [4.69, 9.17) is 14.2 Å². The van der Waals surface area contributed by atoms with Crippen LogP contribution in [0.1, 0.15) is 27.8 Å². The van der Waals surface area contributed by atoms with Crippen LogP contribution in [0, 0.1) is 27.7 Å². The van der Waals surface area contributed by atoms with Crippen molar-refractivity contribution in [1.82, 2.24) is 4.90 Å². The van der Waals surface area contributed by atoms with Gasteiger partial charge in [-0.2, -0.15) is 0 Å². The van der Waals surface area contributed by atoms with E-state index in [9.17, 15) is 14.4 Å². The predicted octanol–water partition coefficient (Wildman–Crippen LogP) is 6.82. The van der Waals surface area contributed by atoms with Crippen LogP contribution in [-0.2, 0) is 9.59 Å². The van der Waals surface area contributed by atoms with Gasteiger partial charge in [0.05, 0.1) is 24.2 Å². The number of nitrogens with zero attached hydrogens (tertiary/aromatic N) is 1. The van der Waals surface area contributed by atoms with Crippen LogP contribution in [0.2, 0.25) is 0 Å². The molecule has 214 valence electrons. The molecule has 41 heavy (non-hydrogen) atoms. The number of halogens is 1. The van der Waals surface area contributed by atoms with Crippen molar-refractivity contribution in [3.05, 3.63) is 85.7 Å². The lowest BCUT2D eigenvalue weighted by Crippen LogP contribution is -2.32. The van der Waals surface area contributed by atoms with Crippen molar-refractivity contribution in [3.8, 4) is 17.2 Å². The molecule has 0 unspecified atom stereocenters. The lowest BCUT2D eigenvalue weighted by Gasteiger charge is -2.14. The van der Waals surface area contributed by atoms with Crippen LogP contribution in [-0.4, -0.2) is 48.8 Å². The number of ether oxygens (including phenoxy) is 3. The molecule has 0 bridgehead atoms. The third-order valence-electron chi connectivity index (χ3n) is 6.49. The van der Waals surface area contributed by atoms with Crippen LogP contribution >= 0.6 is 27.7 Å². The molecule has 3 aromatic rings. The highest BCUT2D eigenvalue weighted by Gasteiger charge is 2.34. The molecule has 1 saturated heterocycles. The van der Waals surface area contributed by atoms with E-state index >= 15 is 0 Å². The molecular formula is C31H31BrN2O6S. The number of amides is 3. The molecule has 10 heteroatoms. The maximum Gasteiger partial charge on any atom is 0.293 e. The molecule has 8 nitrogen and oxygen atoms in total. The molecule has 3 amide bonds. The molecule has 1 N–H and O–H groups in total. The standard InChI is InChI=1S/C31H31BrN2O6S/c1-18-6-7-19(2)26(12-18)39-11-10-34-30(36)28(41-31(34)37)16-22-8-9-25(27(15-22)38-5)40-17-29(35)33-24-14-21(4)20(3)13-23(24)32/h6-9,12-16H,10-11,17H2,1-5H3,(H,33,35)/b28-16-. The summed E-state index contributed by atoms with van der Waals surface area (Å²) in [4.78, 5) is 39.5. The minimum absolute atomic E-state index is 0.145. The fourth-order valence-electron chi connectivity index (χ4n) is 4.05. The number of imide groups is 1. The summed E-state index contributed by atoms with van der Waals surface area (Å²) in [7, 11) is 1.49. The van der Waals surface area contributed by atoms with Gasteiger partial charge in [-0.25, -0.2) is 0 Å². The minimum Gasteiger partial charge on any atom is -0.493 e. The molecule has 0 radical (unpaired) electrons. The average Bonchev–Trinajstić information content (AvgIpc) is 3.20. The molecular weight excluding hydrogens is 608 g/mol. The van der Waals surface area contributed by atoms with Crippen molar-refractivity contribution < 1.29 is 28.6 Å². The zero-order valence-electron chi connectivity index (χ0n) is 23.5. The largest absolute Gasteiger partial charge is 0.493 e. The highest BCUT2D eigenvalue weighted by Crippen LogP contribution is 2.35. The molecule has 0 saturated carbocycles. The molecule has 1 aliphatic rings. The smallest absolute Gasteiger partial charge is 0.293 e. The van der Waals surface area contributed by atoms with Crippen molar-refractivity contribution in [2.24, 2.45) is 0 Å². The second kappa shape index (κ2) is 13.3. The Bertz CT molecular complexity index is 1540. The van der Waals surface area contributed by atoms with Crippen molar-refractivity contribution in [2.45, 2.75) is 27.7 Å². The zero-order chi connectivity index (χ0) is 29.7. The van der Waals surface area contributed by atoms with Gasteiger partial charge >= 0.3 is 0 Å². The molecule has 0 atom stereocenters.